The lowest BCUT2D eigenvalue weighted by Crippen LogP contribution is -2.50. The predicted molar refractivity (Wildman–Crippen MR) is 56.7 cm³/mol. The predicted octanol–water partition coefficient (Wildman–Crippen LogP) is 1.08. The molecule has 4 N–H and O–H groups in total. The standard InChI is InChI=1S/C11H13F2NO3/c1-6-2-4-7(5-3-6)9(15)11(12,13)8(14)10(16)17/h2-5,8-9,15H,14H2,1H3,(H,16,17). The van der Waals surface area contributed by atoms with Crippen molar-refractivity contribution in [2.45, 2.75) is 25.0 Å². The topological polar surface area (TPSA) is 83.5 Å². The Balaban J connectivity index is 2.99. The van der Waals surface area contributed by atoms with E-state index in [1.807, 2.05) is 0 Å². The van der Waals surface area contributed by atoms with Crippen LogP contribution in [0, 0.1) is 6.92 Å². The van der Waals surface area contributed by atoms with Crippen molar-refractivity contribution in [1.29, 1.82) is 0 Å². The van der Waals surface area contributed by atoms with E-state index in [0.29, 0.717) is 0 Å². The van der Waals surface area contributed by atoms with Gasteiger partial charge >= 0.3 is 11.9 Å². The number of halogens is 2. The molecule has 0 aromatic heterocycles. The Morgan fingerprint density at radius 1 is 1.35 bits per heavy atom. The molecule has 0 aliphatic rings. The normalized spacial score (nSPS) is 15.4. The smallest absolute Gasteiger partial charge is 0.326 e. The fraction of sp³-hybridized carbons (Fsp3) is 0.364. The molecule has 0 radical (unpaired) electrons. The summed E-state index contributed by atoms with van der Waals surface area (Å²) in [6, 6.07) is 3.26. The summed E-state index contributed by atoms with van der Waals surface area (Å²) >= 11 is 0. The van der Waals surface area contributed by atoms with Gasteiger partial charge in [-0.1, -0.05) is 29.8 Å². The molecule has 2 unspecified atom stereocenters. The number of aryl methyl sites for hydroxylation is 1. The number of aliphatic carboxylic acids is 1. The van der Waals surface area contributed by atoms with E-state index in [9.17, 15) is 18.7 Å². The minimum Gasteiger partial charge on any atom is -0.480 e. The van der Waals surface area contributed by atoms with Crippen LogP contribution in [-0.4, -0.2) is 28.1 Å². The second-order valence-electron chi connectivity index (χ2n) is 3.80. The molecule has 4 nitrogen and oxygen atoms in total. The first-order valence-corrected chi connectivity index (χ1v) is 4.87. The lowest BCUT2D eigenvalue weighted by atomic mass is 9.97. The van der Waals surface area contributed by atoms with Crippen LogP contribution in [0.3, 0.4) is 0 Å². The minimum atomic E-state index is -3.93. The van der Waals surface area contributed by atoms with Gasteiger partial charge in [-0.2, -0.15) is 0 Å². The first-order chi connectivity index (χ1) is 7.76. The van der Waals surface area contributed by atoms with Gasteiger partial charge in [-0.3, -0.25) is 4.79 Å². The van der Waals surface area contributed by atoms with Gasteiger partial charge in [0.25, 0.3) is 0 Å². The molecule has 0 aliphatic carbocycles. The van der Waals surface area contributed by atoms with Crippen LogP contribution in [0.4, 0.5) is 8.78 Å². The van der Waals surface area contributed by atoms with Crippen LogP contribution in [0.15, 0.2) is 24.3 Å². The number of rotatable bonds is 4. The van der Waals surface area contributed by atoms with Gasteiger partial charge in [-0.05, 0) is 12.5 Å². The monoisotopic (exact) mass is 245 g/mol. The maximum atomic E-state index is 13.5. The van der Waals surface area contributed by atoms with Gasteiger partial charge in [0, 0.05) is 0 Å². The molecular formula is C11H13F2NO3. The average molecular weight is 245 g/mol. The van der Waals surface area contributed by atoms with Crippen molar-refractivity contribution < 1.29 is 23.8 Å². The fourth-order valence-corrected chi connectivity index (χ4v) is 1.31. The summed E-state index contributed by atoms with van der Waals surface area (Å²) in [6.07, 6.45) is -2.24. The number of carboxylic acids is 1. The van der Waals surface area contributed by atoms with Gasteiger partial charge in [-0.15, -0.1) is 0 Å². The number of nitrogens with two attached hydrogens (primary N) is 1. The maximum absolute atomic E-state index is 13.5. The zero-order valence-electron chi connectivity index (χ0n) is 9.10. The fourth-order valence-electron chi connectivity index (χ4n) is 1.31. The highest BCUT2D eigenvalue weighted by Gasteiger charge is 2.49. The Bertz CT molecular complexity index is 406. The number of benzene rings is 1. The second-order valence-corrected chi connectivity index (χ2v) is 3.80. The molecule has 0 bridgehead atoms. The van der Waals surface area contributed by atoms with E-state index in [2.05, 4.69) is 0 Å². The van der Waals surface area contributed by atoms with Crippen molar-refractivity contribution in [1.82, 2.24) is 0 Å². The van der Waals surface area contributed by atoms with Gasteiger partial charge < -0.3 is 15.9 Å². The zero-order valence-corrected chi connectivity index (χ0v) is 9.10. The summed E-state index contributed by atoms with van der Waals surface area (Å²) in [4.78, 5) is 10.4. The Morgan fingerprint density at radius 3 is 2.24 bits per heavy atom. The van der Waals surface area contributed by atoms with Crippen molar-refractivity contribution in [3.05, 3.63) is 35.4 Å². The molecule has 0 heterocycles. The van der Waals surface area contributed by atoms with E-state index in [1.165, 1.54) is 12.1 Å². The van der Waals surface area contributed by atoms with Gasteiger partial charge in [-0.25, -0.2) is 8.78 Å². The summed E-state index contributed by atoms with van der Waals surface area (Å²) in [5.41, 5.74) is 5.62. The van der Waals surface area contributed by atoms with Crippen molar-refractivity contribution >= 4 is 5.97 Å². The average Bonchev–Trinajstić information content (AvgIpc) is 2.27. The van der Waals surface area contributed by atoms with Crippen molar-refractivity contribution in [2.75, 3.05) is 0 Å². The van der Waals surface area contributed by atoms with Crippen LogP contribution in [0.5, 0.6) is 0 Å². The third-order valence-corrected chi connectivity index (χ3v) is 2.44. The highest BCUT2D eigenvalue weighted by atomic mass is 19.3. The van der Waals surface area contributed by atoms with E-state index in [1.54, 1.807) is 19.1 Å². The summed E-state index contributed by atoms with van der Waals surface area (Å²) in [7, 11) is 0. The lowest BCUT2D eigenvalue weighted by molar-refractivity contribution is -0.164. The molecule has 1 rings (SSSR count). The Kier molecular flexibility index (Phi) is 3.79. The Morgan fingerprint density at radius 2 is 1.82 bits per heavy atom. The number of aliphatic hydroxyl groups is 1. The van der Waals surface area contributed by atoms with E-state index in [0.717, 1.165) is 5.56 Å². The number of aliphatic hydroxyl groups excluding tert-OH is 1. The molecule has 0 spiro atoms. The van der Waals surface area contributed by atoms with Crippen LogP contribution in [0.1, 0.15) is 17.2 Å². The summed E-state index contributed by atoms with van der Waals surface area (Å²) in [5.74, 6) is -5.79. The van der Waals surface area contributed by atoms with Crippen LogP contribution in [0.25, 0.3) is 0 Å². The summed E-state index contributed by atoms with van der Waals surface area (Å²) < 4.78 is 27.0. The SMILES string of the molecule is Cc1ccc(C(O)C(F)(F)C(N)C(=O)O)cc1. The number of carbonyl (C=O) groups is 1. The molecule has 1 aromatic carbocycles. The largest absolute Gasteiger partial charge is 0.480 e. The molecule has 17 heavy (non-hydrogen) atoms. The molecule has 94 valence electrons. The van der Waals surface area contributed by atoms with E-state index >= 15 is 0 Å². The van der Waals surface area contributed by atoms with Gasteiger partial charge in [0.1, 0.15) is 6.10 Å². The quantitative estimate of drug-likeness (QED) is 0.741. The van der Waals surface area contributed by atoms with Crippen LogP contribution >= 0.6 is 0 Å². The van der Waals surface area contributed by atoms with Crippen LogP contribution in [0.2, 0.25) is 0 Å². The van der Waals surface area contributed by atoms with Crippen molar-refractivity contribution in [2.24, 2.45) is 5.73 Å². The molecule has 6 heteroatoms. The summed E-state index contributed by atoms with van der Waals surface area (Å²) in [6.45, 7) is 1.76. The first kappa shape index (κ1) is 13.5. The van der Waals surface area contributed by atoms with E-state index in [4.69, 9.17) is 10.8 Å². The molecule has 0 fully saturated rings. The number of carboxylic acid groups (broad SMARTS) is 1. The van der Waals surface area contributed by atoms with Crippen LogP contribution < -0.4 is 5.73 Å². The molecule has 2 atom stereocenters. The Labute approximate surface area is 96.7 Å². The number of hydrogen-bond donors (Lipinski definition) is 3. The molecule has 0 amide bonds. The minimum absolute atomic E-state index is 0.0719. The van der Waals surface area contributed by atoms with Crippen LogP contribution in [-0.2, 0) is 4.79 Å². The molecule has 1 aromatic rings. The third kappa shape index (κ3) is 2.78. The highest BCUT2D eigenvalue weighted by molar-refractivity contribution is 5.74. The first-order valence-electron chi connectivity index (χ1n) is 4.87. The van der Waals surface area contributed by atoms with Gasteiger partial charge in [0.2, 0.25) is 0 Å². The maximum Gasteiger partial charge on any atom is 0.326 e. The molecule has 0 saturated carbocycles. The highest BCUT2D eigenvalue weighted by Crippen LogP contribution is 2.33. The van der Waals surface area contributed by atoms with Crippen molar-refractivity contribution in [3.8, 4) is 0 Å². The second kappa shape index (κ2) is 4.77. The van der Waals surface area contributed by atoms with Crippen molar-refractivity contribution in [3.63, 3.8) is 0 Å². The lowest BCUT2D eigenvalue weighted by Gasteiger charge is -2.25. The Hall–Kier alpha value is -1.53. The zero-order chi connectivity index (χ0) is 13.2. The number of alkyl halides is 2. The van der Waals surface area contributed by atoms with E-state index in [-0.39, 0.29) is 5.56 Å². The van der Waals surface area contributed by atoms with Gasteiger partial charge in [0.15, 0.2) is 6.04 Å². The number of hydrogen-bond acceptors (Lipinski definition) is 3. The molecular weight excluding hydrogens is 232 g/mol. The molecule has 0 aliphatic heterocycles. The van der Waals surface area contributed by atoms with Gasteiger partial charge in [0.05, 0.1) is 0 Å². The van der Waals surface area contributed by atoms with E-state index < -0.39 is 24.0 Å². The molecule has 0 saturated heterocycles. The summed E-state index contributed by atoms with van der Waals surface area (Å²) in [5, 5.41) is 17.9. The third-order valence-electron chi connectivity index (χ3n) is 2.44.